The molecule has 5 nitrogen and oxygen atoms in total. The van der Waals surface area contributed by atoms with Crippen molar-refractivity contribution in [1.29, 1.82) is 0 Å². The number of anilines is 2. The fourth-order valence-electron chi connectivity index (χ4n) is 3.69. The van der Waals surface area contributed by atoms with Crippen LogP contribution in [-0.4, -0.2) is 60.5 Å². The van der Waals surface area contributed by atoms with E-state index in [0.717, 1.165) is 51.3 Å². The van der Waals surface area contributed by atoms with Gasteiger partial charge in [-0.3, -0.25) is 9.78 Å². The van der Waals surface area contributed by atoms with Crippen LogP contribution in [0.2, 0.25) is 0 Å². The van der Waals surface area contributed by atoms with Crippen molar-refractivity contribution in [2.24, 2.45) is 0 Å². The molecule has 2 aliphatic heterocycles. The lowest BCUT2D eigenvalue weighted by Gasteiger charge is -2.33. The summed E-state index contributed by atoms with van der Waals surface area (Å²) in [6.45, 7) is 4.39. The molecular weight excluding hydrogens is 312 g/mol. The third-order valence-electron chi connectivity index (χ3n) is 5.18. The molecule has 1 fully saturated rings. The SMILES string of the molecule is CN1CCN(C(=O)c2cncc(N3CCCc4ccccc43)c2)CC1. The lowest BCUT2D eigenvalue weighted by Crippen LogP contribution is -2.47. The number of pyridine rings is 1. The number of hydrogen-bond acceptors (Lipinski definition) is 4. The fraction of sp³-hybridized carbons (Fsp3) is 0.400. The lowest BCUT2D eigenvalue weighted by atomic mass is 10.0. The number of para-hydroxylation sites is 1. The first-order valence-electron chi connectivity index (χ1n) is 9.01. The maximum absolute atomic E-state index is 12.8. The van der Waals surface area contributed by atoms with Crippen LogP contribution in [0.15, 0.2) is 42.7 Å². The molecule has 1 aromatic heterocycles. The Morgan fingerprint density at radius 3 is 2.68 bits per heavy atom. The van der Waals surface area contributed by atoms with Gasteiger partial charge in [0, 0.05) is 44.6 Å². The van der Waals surface area contributed by atoms with Gasteiger partial charge < -0.3 is 14.7 Å². The molecule has 0 unspecified atom stereocenters. The van der Waals surface area contributed by atoms with E-state index in [1.54, 1.807) is 6.20 Å². The van der Waals surface area contributed by atoms with Gasteiger partial charge in [-0.15, -0.1) is 0 Å². The number of carbonyl (C=O) groups excluding carboxylic acids is 1. The zero-order chi connectivity index (χ0) is 17.2. The molecule has 2 aliphatic rings. The predicted molar refractivity (Wildman–Crippen MR) is 99.4 cm³/mol. The van der Waals surface area contributed by atoms with Gasteiger partial charge in [-0.25, -0.2) is 0 Å². The number of nitrogens with zero attached hydrogens (tertiary/aromatic N) is 4. The predicted octanol–water partition coefficient (Wildman–Crippen LogP) is 2.55. The maximum Gasteiger partial charge on any atom is 0.255 e. The van der Waals surface area contributed by atoms with E-state index in [1.165, 1.54) is 11.3 Å². The molecule has 0 N–H and O–H groups in total. The second kappa shape index (κ2) is 6.84. The van der Waals surface area contributed by atoms with Crippen molar-refractivity contribution >= 4 is 17.3 Å². The van der Waals surface area contributed by atoms with Crippen LogP contribution in [-0.2, 0) is 6.42 Å². The molecule has 4 rings (SSSR count). The van der Waals surface area contributed by atoms with Crippen molar-refractivity contribution in [3.8, 4) is 0 Å². The minimum absolute atomic E-state index is 0.0905. The first kappa shape index (κ1) is 16.1. The summed E-state index contributed by atoms with van der Waals surface area (Å²) in [6, 6.07) is 10.5. The van der Waals surface area contributed by atoms with Gasteiger partial charge in [-0.2, -0.15) is 0 Å². The minimum atomic E-state index is 0.0905. The molecular formula is C20H24N4O. The van der Waals surface area contributed by atoms with E-state index in [2.05, 4.69) is 46.1 Å². The smallest absolute Gasteiger partial charge is 0.255 e. The van der Waals surface area contributed by atoms with Crippen molar-refractivity contribution in [2.45, 2.75) is 12.8 Å². The van der Waals surface area contributed by atoms with Crippen LogP contribution in [0.4, 0.5) is 11.4 Å². The average Bonchev–Trinajstić information content (AvgIpc) is 2.68. The van der Waals surface area contributed by atoms with Crippen molar-refractivity contribution in [3.63, 3.8) is 0 Å². The first-order chi connectivity index (χ1) is 12.2. The van der Waals surface area contributed by atoms with Gasteiger partial charge in [0.1, 0.15) is 0 Å². The molecule has 2 aromatic rings. The van der Waals surface area contributed by atoms with Gasteiger partial charge in [0.05, 0.1) is 17.4 Å². The molecule has 0 spiro atoms. The van der Waals surface area contributed by atoms with Gasteiger partial charge >= 0.3 is 0 Å². The molecule has 1 aromatic carbocycles. The van der Waals surface area contributed by atoms with Crippen molar-refractivity contribution in [2.75, 3.05) is 44.7 Å². The first-order valence-corrected chi connectivity index (χ1v) is 9.01. The Labute approximate surface area is 148 Å². The van der Waals surface area contributed by atoms with E-state index < -0.39 is 0 Å². The van der Waals surface area contributed by atoms with Crippen LogP contribution >= 0.6 is 0 Å². The topological polar surface area (TPSA) is 39.7 Å². The highest BCUT2D eigenvalue weighted by Crippen LogP contribution is 2.33. The normalized spacial score (nSPS) is 18.1. The minimum Gasteiger partial charge on any atom is -0.340 e. The number of likely N-dealkylation sites (N-methyl/N-ethyl adjacent to an activating group) is 1. The largest absolute Gasteiger partial charge is 0.340 e. The molecule has 5 heteroatoms. The van der Waals surface area contributed by atoms with Crippen LogP contribution in [0.1, 0.15) is 22.3 Å². The highest BCUT2D eigenvalue weighted by molar-refractivity contribution is 5.95. The van der Waals surface area contributed by atoms with Crippen LogP contribution in [0.25, 0.3) is 0 Å². The van der Waals surface area contributed by atoms with E-state index in [4.69, 9.17) is 0 Å². The maximum atomic E-state index is 12.8. The van der Waals surface area contributed by atoms with E-state index in [9.17, 15) is 4.79 Å². The van der Waals surface area contributed by atoms with Crippen molar-refractivity contribution in [1.82, 2.24) is 14.8 Å². The summed E-state index contributed by atoms with van der Waals surface area (Å²) < 4.78 is 0. The van der Waals surface area contributed by atoms with Gasteiger partial charge in [0.2, 0.25) is 0 Å². The highest BCUT2D eigenvalue weighted by atomic mass is 16.2. The number of carbonyl (C=O) groups is 1. The zero-order valence-electron chi connectivity index (χ0n) is 14.7. The summed E-state index contributed by atoms with van der Waals surface area (Å²) in [5, 5.41) is 0. The van der Waals surface area contributed by atoms with Crippen LogP contribution in [0.3, 0.4) is 0 Å². The Balaban J connectivity index is 1.59. The van der Waals surface area contributed by atoms with E-state index in [1.807, 2.05) is 17.2 Å². The monoisotopic (exact) mass is 336 g/mol. The number of aryl methyl sites for hydroxylation is 1. The zero-order valence-corrected chi connectivity index (χ0v) is 14.7. The standard InChI is InChI=1S/C20H24N4O/c1-22-9-11-23(12-10-22)20(25)17-13-18(15-21-14-17)24-8-4-6-16-5-2-3-7-19(16)24/h2-3,5,7,13-15H,4,6,8-12H2,1H3. The summed E-state index contributed by atoms with van der Waals surface area (Å²) >= 11 is 0. The van der Waals surface area contributed by atoms with Crippen molar-refractivity contribution in [3.05, 3.63) is 53.9 Å². The molecule has 3 heterocycles. The number of hydrogen-bond donors (Lipinski definition) is 0. The number of benzene rings is 1. The molecule has 1 amide bonds. The molecule has 130 valence electrons. The Morgan fingerprint density at radius 2 is 1.84 bits per heavy atom. The summed E-state index contributed by atoms with van der Waals surface area (Å²) in [5.74, 6) is 0.0905. The average molecular weight is 336 g/mol. The molecule has 0 saturated carbocycles. The van der Waals surface area contributed by atoms with Gasteiger partial charge in [0.25, 0.3) is 5.91 Å². The Kier molecular flexibility index (Phi) is 4.40. The van der Waals surface area contributed by atoms with Crippen molar-refractivity contribution < 1.29 is 4.79 Å². The quantitative estimate of drug-likeness (QED) is 0.845. The van der Waals surface area contributed by atoms with Gasteiger partial charge in [-0.1, -0.05) is 18.2 Å². The van der Waals surface area contributed by atoms with Crippen LogP contribution in [0, 0.1) is 0 Å². The second-order valence-electron chi connectivity index (χ2n) is 6.91. The summed E-state index contributed by atoms with van der Waals surface area (Å²) in [6.07, 6.45) is 5.79. The molecule has 25 heavy (non-hydrogen) atoms. The molecule has 1 saturated heterocycles. The number of amides is 1. The Hall–Kier alpha value is -2.40. The van der Waals surface area contributed by atoms with E-state index in [-0.39, 0.29) is 5.91 Å². The highest BCUT2D eigenvalue weighted by Gasteiger charge is 2.23. The fourth-order valence-corrected chi connectivity index (χ4v) is 3.69. The molecule has 0 aliphatic carbocycles. The Bertz CT molecular complexity index is 768. The summed E-state index contributed by atoms with van der Waals surface area (Å²) in [7, 11) is 2.10. The summed E-state index contributed by atoms with van der Waals surface area (Å²) in [4.78, 5) is 23.7. The van der Waals surface area contributed by atoms with Crippen LogP contribution in [0.5, 0.6) is 0 Å². The third-order valence-corrected chi connectivity index (χ3v) is 5.18. The van der Waals surface area contributed by atoms with Gasteiger partial charge in [0.15, 0.2) is 0 Å². The number of aromatic nitrogens is 1. The number of fused-ring (bicyclic) bond motifs is 1. The molecule has 0 bridgehead atoms. The Morgan fingerprint density at radius 1 is 1.04 bits per heavy atom. The summed E-state index contributed by atoms with van der Waals surface area (Å²) in [5.41, 5.74) is 4.29. The molecule has 0 atom stereocenters. The van der Waals surface area contributed by atoms with Gasteiger partial charge in [-0.05, 0) is 37.6 Å². The number of rotatable bonds is 2. The van der Waals surface area contributed by atoms with E-state index in [0.29, 0.717) is 5.56 Å². The van der Waals surface area contributed by atoms with E-state index >= 15 is 0 Å². The lowest BCUT2D eigenvalue weighted by molar-refractivity contribution is 0.0663. The molecule has 0 radical (unpaired) electrons. The van der Waals surface area contributed by atoms with Crippen LogP contribution < -0.4 is 4.90 Å². The number of piperazine rings is 1. The third kappa shape index (κ3) is 3.24. The second-order valence-corrected chi connectivity index (χ2v) is 6.91.